The van der Waals surface area contributed by atoms with E-state index in [1.54, 1.807) is 6.07 Å². The van der Waals surface area contributed by atoms with Crippen molar-refractivity contribution in [3.05, 3.63) is 53.8 Å². The summed E-state index contributed by atoms with van der Waals surface area (Å²) in [4.78, 5) is 12.2. The highest BCUT2D eigenvalue weighted by molar-refractivity contribution is 5.98. The first-order chi connectivity index (χ1) is 9.77. The summed E-state index contributed by atoms with van der Waals surface area (Å²) in [6.07, 6.45) is 0. The third-order valence-electron chi connectivity index (χ3n) is 3.27. The number of benzene rings is 2. The quantitative estimate of drug-likeness (QED) is 0.844. The predicted molar refractivity (Wildman–Crippen MR) is 84.7 cm³/mol. The van der Waals surface area contributed by atoms with Crippen LogP contribution in [0.5, 0.6) is 0 Å². The lowest BCUT2D eigenvalue weighted by atomic mass is 9.95. The monoisotopic (exact) mass is 285 g/mol. The number of nitrogens with one attached hydrogen (secondary N) is 1. The molecule has 0 aliphatic carbocycles. The lowest BCUT2D eigenvalue weighted by Gasteiger charge is -2.19. The molecule has 0 bridgehead atoms. The van der Waals surface area contributed by atoms with Crippen LogP contribution in [-0.2, 0) is 4.79 Å². The molecule has 0 aliphatic heterocycles. The van der Waals surface area contributed by atoms with Gasteiger partial charge >= 0.3 is 0 Å². The molecule has 2 aromatic rings. The normalized spacial score (nSPS) is 11.3. The Morgan fingerprint density at radius 2 is 1.67 bits per heavy atom. The first kappa shape index (κ1) is 15.2. The Morgan fingerprint density at radius 3 is 2.24 bits per heavy atom. The van der Waals surface area contributed by atoms with Crippen LogP contribution in [0.4, 0.5) is 10.1 Å². The summed E-state index contributed by atoms with van der Waals surface area (Å²) in [6.45, 7) is 7.53. The van der Waals surface area contributed by atoms with Gasteiger partial charge in [0, 0.05) is 16.7 Å². The van der Waals surface area contributed by atoms with Crippen molar-refractivity contribution in [3.8, 4) is 11.1 Å². The summed E-state index contributed by atoms with van der Waals surface area (Å²) in [5, 5.41) is 2.89. The smallest absolute Gasteiger partial charge is 0.229 e. The number of anilines is 1. The predicted octanol–water partition coefficient (Wildman–Crippen LogP) is 4.79. The molecule has 3 heteroatoms. The van der Waals surface area contributed by atoms with Gasteiger partial charge in [0.25, 0.3) is 0 Å². The van der Waals surface area contributed by atoms with Crippen LogP contribution in [0.3, 0.4) is 0 Å². The molecule has 2 rings (SSSR count). The van der Waals surface area contributed by atoms with Crippen molar-refractivity contribution in [2.45, 2.75) is 27.7 Å². The van der Waals surface area contributed by atoms with E-state index in [1.165, 1.54) is 12.1 Å². The van der Waals surface area contributed by atoms with Gasteiger partial charge in [0.15, 0.2) is 0 Å². The van der Waals surface area contributed by atoms with Crippen molar-refractivity contribution in [1.82, 2.24) is 0 Å². The first-order valence-corrected chi connectivity index (χ1v) is 6.95. The lowest BCUT2D eigenvalue weighted by molar-refractivity contribution is -0.123. The van der Waals surface area contributed by atoms with Crippen molar-refractivity contribution in [3.63, 3.8) is 0 Å². The molecule has 0 fully saturated rings. The molecular weight excluding hydrogens is 265 g/mol. The van der Waals surface area contributed by atoms with E-state index in [4.69, 9.17) is 0 Å². The van der Waals surface area contributed by atoms with Gasteiger partial charge in [-0.1, -0.05) is 50.6 Å². The van der Waals surface area contributed by atoms with Gasteiger partial charge in [0.05, 0.1) is 0 Å². The van der Waals surface area contributed by atoms with Gasteiger partial charge in [-0.2, -0.15) is 0 Å². The molecule has 1 N–H and O–H groups in total. The molecule has 0 atom stereocenters. The van der Waals surface area contributed by atoms with E-state index < -0.39 is 5.41 Å². The lowest BCUT2D eigenvalue weighted by Crippen LogP contribution is -2.27. The minimum absolute atomic E-state index is 0.0949. The van der Waals surface area contributed by atoms with E-state index in [1.807, 2.05) is 52.0 Å². The number of rotatable bonds is 2. The Balaban J connectivity index is 2.43. The molecule has 0 spiro atoms. The summed E-state index contributed by atoms with van der Waals surface area (Å²) in [5.41, 5.74) is 2.83. The minimum atomic E-state index is -0.501. The largest absolute Gasteiger partial charge is 0.325 e. The maximum absolute atomic E-state index is 13.6. The fraction of sp³-hybridized carbons (Fsp3) is 0.278. The Morgan fingerprint density at radius 1 is 1.05 bits per heavy atom. The van der Waals surface area contributed by atoms with Gasteiger partial charge < -0.3 is 5.32 Å². The van der Waals surface area contributed by atoms with E-state index in [0.717, 1.165) is 11.1 Å². The molecule has 0 saturated carbocycles. The molecule has 1 amide bonds. The number of hydrogen-bond donors (Lipinski definition) is 1. The molecule has 0 saturated heterocycles. The third kappa shape index (κ3) is 3.69. The molecule has 0 aliphatic rings. The second-order valence-corrected chi connectivity index (χ2v) is 6.26. The van der Waals surface area contributed by atoms with Gasteiger partial charge in [-0.15, -0.1) is 0 Å². The topological polar surface area (TPSA) is 29.1 Å². The summed E-state index contributed by atoms with van der Waals surface area (Å²) in [6, 6.07) is 12.2. The molecule has 0 aromatic heterocycles. The molecule has 0 unspecified atom stereocenters. The molecular formula is C18H20FNO. The second kappa shape index (κ2) is 5.68. The van der Waals surface area contributed by atoms with Crippen LogP contribution in [0, 0.1) is 18.2 Å². The maximum Gasteiger partial charge on any atom is 0.229 e. The average molecular weight is 285 g/mol. The van der Waals surface area contributed by atoms with E-state index in [2.05, 4.69) is 5.32 Å². The summed E-state index contributed by atoms with van der Waals surface area (Å²) in [5.74, 6) is -0.415. The highest BCUT2D eigenvalue weighted by Gasteiger charge is 2.22. The second-order valence-electron chi connectivity index (χ2n) is 6.26. The van der Waals surface area contributed by atoms with Crippen LogP contribution in [0.15, 0.2) is 42.5 Å². The molecule has 2 aromatic carbocycles. The fourth-order valence-corrected chi connectivity index (χ4v) is 1.91. The highest BCUT2D eigenvalue weighted by atomic mass is 19.1. The Bertz CT molecular complexity index is 654. The zero-order chi connectivity index (χ0) is 15.6. The Kier molecular flexibility index (Phi) is 4.12. The first-order valence-electron chi connectivity index (χ1n) is 6.95. The summed E-state index contributed by atoms with van der Waals surface area (Å²) < 4.78 is 13.6. The van der Waals surface area contributed by atoms with Gasteiger partial charge in [-0.3, -0.25) is 4.79 Å². The van der Waals surface area contributed by atoms with Crippen LogP contribution in [0.25, 0.3) is 11.1 Å². The Hall–Kier alpha value is -2.16. The zero-order valence-corrected chi connectivity index (χ0v) is 12.8. The molecule has 110 valence electrons. The maximum atomic E-state index is 13.6. The number of amides is 1. The number of aryl methyl sites for hydroxylation is 1. The van der Waals surface area contributed by atoms with Gasteiger partial charge in [0.2, 0.25) is 5.91 Å². The molecule has 21 heavy (non-hydrogen) atoms. The third-order valence-corrected chi connectivity index (χ3v) is 3.27. The van der Waals surface area contributed by atoms with Crippen molar-refractivity contribution in [2.75, 3.05) is 5.32 Å². The van der Waals surface area contributed by atoms with Crippen LogP contribution in [0.1, 0.15) is 26.3 Å². The van der Waals surface area contributed by atoms with Crippen LogP contribution < -0.4 is 5.32 Å². The number of carbonyl (C=O) groups excluding carboxylic acids is 1. The van der Waals surface area contributed by atoms with E-state index in [9.17, 15) is 9.18 Å². The van der Waals surface area contributed by atoms with Crippen LogP contribution >= 0.6 is 0 Å². The summed E-state index contributed by atoms with van der Waals surface area (Å²) in [7, 11) is 0. The zero-order valence-electron chi connectivity index (χ0n) is 12.8. The van der Waals surface area contributed by atoms with Crippen molar-refractivity contribution in [2.24, 2.45) is 5.41 Å². The number of carbonyl (C=O) groups is 1. The Labute approximate surface area is 125 Å². The molecule has 0 radical (unpaired) electrons. The standard InChI is InChI=1S/C18H20FNO/c1-12-5-7-13(8-6-12)15-11-14(19)9-10-16(15)20-17(21)18(2,3)4/h5-11H,1-4H3,(H,20,21). The average Bonchev–Trinajstić information content (AvgIpc) is 2.40. The van der Waals surface area contributed by atoms with Crippen LogP contribution in [-0.4, -0.2) is 5.91 Å². The van der Waals surface area contributed by atoms with Gasteiger partial charge in [0.1, 0.15) is 5.82 Å². The van der Waals surface area contributed by atoms with Gasteiger partial charge in [-0.25, -0.2) is 4.39 Å². The fourth-order valence-electron chi connectivity index (χ4n) is 1.91. The van der Waals surface area contributed by atoms with Crippen molar-refractivity contribution < 1.29 is 9.18 Å². The number of halogens is 1. The summed E-state index contributed by atoms with van der Waals surface area (Å²) >= 11 is 0. The van der Waals surface area contributed by atoms with Crippen molar-refractivity contribution in [1.29, 1.82) is 0 Å². The van der Waals surface area contributed by atoms with E-state index in [-0.39, 0.29) is 11.7 Å². The molecule has 0 heterocycles. The van der Waals surface area contributed by atoms with E-state index in [0.29, 0.717) is 11.3 Å². The number of hydrogen-bond acceptors (Lipinski definition) is 1. The molecule has 2 nitrogen and oxygen atoms in total. The van der Waals surface area contributed by atoms with Crippen LogP contribution in [0.2, 0.25) is 0 Å². The SMILES string of the molecule is Cc1ccc(-c2cc(F)ccc2NC(=O)C(C)(C)C)cc1. The van der Waals surface area contributed by atoms with E-state index >= 15 is 0 Å². The minimum Gasteiger partial charge on any atom is -0.325 e. The van der Waals surface area contributed by atoms with Gasteiger partial charge in [-0.05, 0) is 30.7 Å². The highest BCUT2D eigenvalue weighted by Crippen LogP contribution is 2.30. The van der Waals surface area contributed by atoms with Crippen molar-refractivity contribution >= 4 is 11.6 Å².